The van der Waals surface area contributed by atoms with Crippen LogP contribution in [0.25, 0.3) is 0 Å². The molecule has 34 heavy (non-hydrogen) atoms. The molecule has 0 aromatic heterocycles. The minimum absolute atomic E-state index is 0. The van der Waals surface area contributed by atoms with E-state index in [4.69, 9.17) is 32.7 Å². The van der Waals surface area contributed by atoms with Gasteiger partial charge in [0.25, 0.3) is 5.69 Å². The van der Waals surface area contributed by atoms with E-state index in [2.05, 4.69) is 10.6 Å². The molecule has 182 valence electrons. The Hall–Kier alpha value is -2.78. The van der Waals surface area contributed by atoms with Gasteiger partial charge < -0.3 is 20.1 Å². The lowest BCUT2D eigenvalue weighted by Gasteiger charge is -2.14. The maximum atomic E-state index is 13.2. The van der Waals surface area contributed by atoms with Gasteiger partial charge in [-0.05, 0) is 35.9 Å². The Labute approximate surface area is 212 Å². The first-order valence-corrected chi connectivity index (χ1v) is 10.7. The van der Waals surface area contributed by atoms with Crippen LogP contribution in [0.3, 0.4) is 0 Å². The fraction of sp³-hybridized carbons (Fsp3) is 0.217. The van der Waals surface area contributed by atoms with Crippen molar-refractivity contribution in [3.63, 3.8) is 0 Å². The number of rotatable bonds is 11. The van der Waals surface area contributed by atoms with Gasteiger partial charge in [-0.25, -0.2) is 4.39 Å². The lowest BCUT2D eigenvalue weighted by molar-refractivity contribution is -0.384. The third-order valence-corrected chi connectivity index (χ3v) is 5.40. The number of non-ortho nitro benzene ring substituents is 1. The van der Waals surface area contributed by atoms with Crippen LogP contribution in [0.4, 0.5) is 15.8 Å². The van der Waals surface area contributed by atoms with Crippen LogP contribution in [0.2, 0.25) is 10.0 Å². The SMILES string of the molecule is COc1cc(CNCCNc2ccc([N+](=O)[O-])cc2Cl)ccc1OCc1ccc(F)cc1Cl.Cl. The molecule has 0 aliphatic carbocycles. The molecule has 0 unspecified atom stereocenters. The van der Waals surface area contributed by atoms with E-state index in [0.717, 1.165) is 5.56 Å². The number of methoxy groups -OCH3 is 1. The number of nitrogens with zero attached hydrogens (tertiary/aromatic N) is 1. The van der Waals surface area contributed by atoms with Crippen LogP contribution in [0.5, 0.6) is 11.5 Å². The first kappa shape index (κ1) is 27.5. The molecule has 0 saturated carbocycles. The molecular formula is C23H23Cl3FN3O4. The molecule has 0 spiro atoms. The maximum absolute atomic E-state index is 13.2. The van der Waals surface area contributed by atoms with Crippen molar-refractivity contribution >= 4 is 47.0 Å². The Kier molecular flexibility index (Phi) is 10.7. The van der Waals surface area contributed by atoms with E-state index in [-0.39, 0.29) is 24.7 Å². The molecule has 0 aliphatic heterocycles. The summed E-state index contributed by atoms with van der Waals surface area (Å²) in [4.78, 5) is 10.3. The zero-order valence-electron chi connectivity index (χ0n) is 18.1. The van der Waals surface area contributed by atoms with Crippen LogP contribution >= 0.6 is 35.6 Å². The summed E-state index contributed by atoms with van der Waals surface area (Å²) in [6.45, 7) is 1.99. The smallest absolute Gasteiger partial charge is 0.271 e. The van der Waals surface area contributed by atoms with Gasteiger partial charge in [-0.2, -0.15) is 0 Å². The molecule has 0 bridgehead atoms. The average molecular weight is 531 g/mol. The van der Waals surface area contributed by atoms with Crippen molar-refractivity contribution in [3.05, 3.63) is 91.7 Å². The fourth-order valence-corrected chi connectivity index (χ4v) is 3.48. The summed E-state index contributed by atoms with van der Waals surface area (Å²) < 4.78 is 24.4. The van der Waals surface area contributed by atoms with Gasteiger partial charge in [0.1, 0.15) is 12.4 Å². The third kappa shape index (κ3) is 7.63. The Balaban J connectivity index is 0.00000408. The fourth-order valence-electron chi connectivity index (χ4n) is 3.01. The van der Waals surface area contributed by atoms with Crippen molar-refractivity contribution in [2.24, 2.45) is 0 Å². The highest BCUT2D eigenvalue weighted by atomic mass is 35.5. The molecule has 0 saturated heterocycles. The van der Waals surface area contributed by atoms with Gasteiger partial charge >= 0.3 is 0 Å². The van der Waals surface area contributed by atoms with Gasteiger partial charge in [0, 0.05) is 37.3 Å². The van der Waals surface area contributed by atoms with Crippen molar-refractivity contribution in [3.8, 4) is 11.5 Å². The molecular weight excluding hydrogens is 508 g/mol. The second-order valence-corrected chi connectivity index (χ2v) is 7.85. The van der Waals surface area contributed by atoms with Gasteiger partial charge in [0.15, 0.2) is 11.5 Å². The molecule has 2 N–H and O–H groups in total. The van der Waals surface area contributed by atoms with E-state index in [1.54, 1.807) is 19.2 Å². The second kappa shape index (κ2) is 13.2. The van der Waals surface area contributed by atoms with Crippen LogP contribution in [0.1, 0.15) is 11.1 Å². The molecule has 3 rings (SSSR count). The average Bonchev–Trinajstić information content (AvgIpc) is 2.79. The first-order valence-electron chi connectivity index (χ1n) is 9.99. The maximum Gasteiger partial charge on any atom is 0.271 e. The van der Waals surface area contributed by atoms with Crippen LogP contribution in [-0.4, -0.2) is 25.1 Å². The van der Waals surface area contributed by atoms with E-state index < -0.39 is 10.7 Å². The highest BCUT2D eigenvalue weighted by molar-refractivity contribution is 6.33. The minimum Gasteiger partial charge on any atom is -0.493 e. The summed E-state index contributed by atoms with van der Waals surface area (Å²) in [5.74, 6) is 0.726. The molecule has 0 radical (unpaired) electrons. The van der Waals surface area contributed by atoms with Crippen molar-refractivity contribution < 1.29 is 18.8 Å². The summed E-state index contributed by atoms with van der Waals surface area (Å²) >= 11 is 12.1. The van der Waals surface area contributed by atoms with Crippen molar-refractivity contribution in [1.82, 2.24) is 5.32 Å². The number of anilines is 1. The molecule has 0 heterocycles. The predicted molar refractivity (Wildman–Crippen MR) is 134 cm³/mol. The van der Waals surface area contributed by atoms with Crippen molar-refractivity contribution in [2.45, 2.75) is 13.2 Å². The Morgan fingerprint density at radius 3 is 2.47 bits per heavy atom. The summed E-state index contributed by atoms with van der Waals surface area (Å²) in [6.07, 6.45) is 0. The highest BCUT2D eigenvalue weighted by Gasteiger charge is 2.10. The first-order chi connectivity index (χ1) is 15.9. The van der Waals surface area contributed by atoms with Crippen LogP contribution in [-0.2, 0) is 13.2 Å². The number of ether oxygens (including phenoxy) is 2. The standard InChI is InChI=1S/C23H22Cl2FN3O4.ClH/c1-32-23-10-15(2-7-22(23)33-14-16-3-4-17(26)11-19(16)24)13-27-8-9-28-21-6-5-18(29(30)31)12-20(21)25;/h2-7,10-12,27-28H,8-9,13-14H2,1H3;1H. The molecule has 7 nitrogen and oxygen atoms in total. The van der Waals surface area contributed by atoms with E-state index in [9.17, 15) is 14.5 Å². The number of halogens is 4. The molecule has 0 amide bonds. The number of nitro groups is 1. The van der Waals surface area contributed by atoms with Crippen molar-refractivity contribution in [2.75, 3.05) is 25.5 Å². The van der Waals surface area contributed by atoms with E-state index in [0.29, 0.717) is 52.4 Å². The van der Waals surface area contributed by atoms with Crippen LogP contribution < -0.4 is 20.1 Å². The molecule has 3 aromatic rings. The van der Waals surface area contributed by atoms with Gasteiger partial charge in [0.05, 0.1) is 27.8 Å². The molecule has 0 atom stereocenters. The number of hydrogen-bond acceptors (Lipinski definition) is 6. The van der Waals surface area contributed by atoms with E-state index in [1.807, 2.05) is 18.2 Å². The van der Waals surface area contributed by atoms with Crippen LogP contribution in [0, 0.1) is 15.9 Å². The Morgan fingerprint density at radius 1 is 1.00 bits per heavy atom. The Bertz CT molecular complexity index is 1130. The quantitative estimate of drug-likeness (QED) is 0.173. The zero-order valence-corrected chi connectivity index (χ0v) is 20.5. The number of benzene rings is 3. The van der Waals surface area contributed by atoms with Gasteiger partial charge in [-0.1, -0.05) is 35.3 Å². The van der Waals surface area contributed by atoms with Gasteiger partial charge in [-0.15, -0.1) is 12.4 Å². The highest BCUT2D eigenvalue weighted by Crippen LogP contribution is 2.30. The second-order valence-electron chi connectivity index (χ2n) is 7.03. The number of nitrogens with one attached hydrogen (secondary N) is 2. The molecule has 0 aliphatic rings. The number of nitro benzene ring substituents is 1. The number of hydrogen-bond donors (Lipinski definition) is 2. The summed E-state index contributed by atoms with van der Waals surface area (Å²) in [6, 6.07) is 14.1. The topological polar surface area (TPSA) is 85.7 Å². The summed E-state index contributed by atoms with van der Waals surface area (Å²) in [7, 11) is 1.56. The zero-order chi connectivity index (χ0) is 23.8. The third-order valence-electron chi connectivity index (χ3n) is 4.74. The Morgan fingerprint density at radius 2 is 1.79 bits per heavy atom. The lowest BCUT2D eigenvalue weighted by atomic mass is 10.2. The molecule has 0 fully saturated rings. The van der Waals surface area contributed by atoms with E-state index in [1.165, 1.54) is 24.3 Å². The lowest BCUT2D eigenvalue weighted by Crippen LogP contribution is -2.21. The normalized spacial score (nSPS) is 10.4. The largest absolute Gasteiger partial charge is 0.493 e. The van der Waals surface area contributed by atoms with Crippen LogP contribution in [0.15, 0.2) is 54.6 Å². The van der Waals surface area contributed by atoms with E-state index >= 15 is 0 Å². The van der Waals surface area contributed by atoms with Gasteiger partial charge in [-0.3, -0.25) is 10.1 Å². The molecule has 3 aromatic carbocycles. The predicted octanol–water partition coefficient (Wildman–Crippen LogP) is 6.25. The minimum atomic E-state index is -0.486. The van der Waals surface area contributed by atoms with Gasteiger partial charge in [0.2, 0.25) is 0 Å². The summed E-state index contributed by atoms with van der Waals surface area (Å²) in [5, 5.41) is 17.8. The molecule has 11 heteroatoms. The van der Waals surface area contributed by atoms with Crippen molar-refractivity contribution in [1.29, 1.82) is 0 Å². The monoisotopic (exact) mass is 529 g/mol. The summed E-state index contributed by atoms with van der Waals surface area (Å²) in [5.41, 5.74) is 2.25.